The van der Waals surface area contributed by atoms with Crippen molar-refractivity contribution in [3.8, 4) is 5.69 Å². The number of hydrogen-bond donors (Lipinski definition) is 5. The number of hydrogen-bond acceptors (Lipinski definition) is 6. The maximum atomic E-state index is 13.6. The van der Waals surface area contributed by atoms with Crippen LogP contribution in [0.15, 0.2) is 73.1 Å². The molecule has 8 nitrogen and oxygen atoms in total. The van der Waals surface area contributed by atoms with Gasteiger partial charge in [0, 0.05) is 30.0 Å². The summed E-state index contributed by atoms with van der Waals surface area (Å²) >= 11 is 0. The lowest BCUT2D eigenvalue weighted by molar-refractivity contribution is 0.207. The van der Waals surface area contributed by atoms with Crippen molar-refractivity contribution in [2.24, 2.45) is 0 Å². The number of rotatable bonds is 7. The van der Waals surface area contributed by atoms with Crippen LogP contribution in [0.5, 0.6) is 0 Å². The highest BCUT2D eigenvalue weighted by Crippen LogP contribution is 2.27. The van der Waals surface area contributed by atoms with Gasteiger partial charge in [-0.15, -0.1) is 0 Å². The Balaban J connectivity index is 1.50. The third kappa shape index (κ3) is 4.30. The Morgan fingerprint density at radius 2 is 2.15 bits per heavy atom. The molecule has 0 saturated heterocycles. The second kappa shape index (κ2) is 9.12. The summed E-state index contributed by atoms with van der Waals surface area (Å²) in [5, 5.41) is 26.9. The van der Waals surface area contributed by atoms with Crippen LogP contribution in [0.3, 0.4) is 0 Å². The van der Waals surface area contributed by atoms with Crippen LogP contribution in [-0.2, 0) is 6.42 Å². The summed E-state index contributed by atoms with van der Waals surface area (Å²) in [5.41, 5.74) is 5.46. The highest BCUT2D eigenvalue weighted by atomic mass is 19.1. The Kier molecular flexibility index (Phi) is 5.87. The molecule has 5 N–H and O–H groups in total. The number of imidazole rings is 2. The fourth-order valence-corrected chi connectivity index (χ4v) is 4.22. The van der Waals surface area contributed by atoms with Crippen molar-refractivity contribution >= 4 is 16.6 Å². The second-order valence-electron chi connectivity index (χ2n) is 8.30. The number of aromatic nitrogens is 4. The zero-order chi connectivity index (χ0) is 23.7. The van der Waals surface area contributed by atoms with Crippen molar-refractivity contribution in [2.45, 2.75) is 25.6 Å². The van der Waals surface area contributed by atoms with Gasteiger partial charge in [0.15, 0.2) is 6.23 Å². The van der Waals surface area contributed by atoms with Crippen LogP contribution in [0.1, 0.15) is 17.0 Å². The number of aryl methyl sites for hydroxylation is 1. The first kappa shape index (κ1) is 21.9. The molecule has 0 bridgehead atoms. The summed E-state index contributed by atoms with van der Waals surface area (Å²) in [5.74, 6) is 0.189. The highest BCUT2D eigenvalue weighted by molar-refractivity contribution is 5.85. The van der Waals surface area contributed by atoms with E-state index < -0.39 is 6.23 Å². The number of aliphatic hydroxyl groups excluding tert-OH is 2. The summed E-state index contributed by atoms with van der Waals surface area (Å²) < 4.78 is 15.5. The summed E-state index contributed by atoms with van der Waals surface area (Å²) in [7, 11) is 0. The Morgan fingerprint density at radius 3 is 2.91 bits per heavy atom. The average Bonchev–Trinajstić information content (AvgIpc) is 3.49. The number of aliphatic hydroxyl groups is 2. The minimum absolute atomic E-state index is 0.168. The molecule has 1 aliphatic heterocycles. The predicted molar refractivity (Wildman–Crippen MR) is 127 cm³/mol. The van der Waals surface area contributed by atoms with E-state index in [1.54, 1.807) is 30.9 Å². The average molecular weight is 461 g/mol. The molecule has 2 atom stereocenters. The van der Waals surface area contributed by atoms with E-state index in [1.165, 1.54) is 12.1 Å². The molecule has 0 spiro atoms. The van der Waals surface area contributed by atoms with E-state index in [-0.39, 0.29) is 18.5 Å². The van der Waals surface area contributed by atoms with Gasteiger partial charge in [-0.1, -0.05) is 12.1 Å². The van der Waals surface area contributed by atoms with Crippen LogP contribution in [-0.4, -0.2) is 48.6 Å². The van der Waals surface area contributed by atoms with Crippen molar-refractivity contribution in [1.82, 2.24) is 30.2 Å². The second-order valence-corrected chi connectivity index (χ2v) is 8.30. The largest absolute Gasteiger partial charge is 0.394 e. The SMILES string of the molecule is Cc1cc(-n2ccnc2)cc2[nH]c(C3=C(NC(CO)Cc4cccc(F)c4)C=CNC3O)nc12. The number of H-pyrrole nitrogens is 1. The number of allylic oxidation sites excluding steroid dienone is 1. The predicted octanol–water partition coefficient (Wildman–Crippen LogP) is 2.54. The zero-order valence-corrected chi connectivity index (χ0v) is 18.5. The molecule has 34 heavy (non-hydrogen) atoms. The summed E-state index contributed by atoms with van der Waals surface area (Å²) in [6.45, 7) is 1.81. The maximum absolute atomic E-state index is 13.6. The molecule has 2 unspecified atom stereocenters. The topological polar surface area (TPSA) is 111 Å². The highest BCUT2D eigenvalue weighted by Gasteiger charge is 2.24. The van der Waals surface area contributed by atoms with E-state index in [9.17, 15) is 14.6 Å². The van der Waals surface area contributed by atoms with Gasteiger partial charge in [-0.3, -0.25) is 0 Å². The molecule has 2 aromatic carbocycles. The van der Waals surface area contributed by atoms with Gasteiger partial charge in [0.05, 0.1) is 35.6 Å². The van der Waals surface area contributed by atoms with Gasteiger partial charge in [-0.05, 0) is 54.8 Å². The van der Waals surface area contributed by atoms with E-state index in [1.807, 2.05) is 35.9 Å². The molecule has 9 heteroatoms. The summed E-state index contributed by atoms with van der Waals surface area (Å²) in [4.78, 5) is 12.2. The van der Waals surface area contributed by atoms with E-state index >= 15 is 0 Å². The molecule has 0 amide bonds. The minimum atomic E-state index is -1.00. The Hall–Kier alpha value is -3.95. The first-order chi connectivity index (χ1) is 16.5. The molecular weight excluding hydrogens is 435 g/mol. The first-order valence-corrected chi connectivity index (χ1v) is 11.0. The Labute approximate surface area is 195 Å². The van der Waals surface area contributed by atoms with Crippen LogP contribution < -0.4 is 10.6 Å². The van der Waals surface area contributed by atoms with Crippen molar-refractivity contribution in [1.29, 1.82) is 0 Å². The molecule has 5 rings (SSSR count). The normalized spacial score (nSPS) is 16.6. The number of nitrogens with zero attached hydrogens (tertiary/aromatic N) is 3. The van der Waals surface area contributed by atoms with Crippen molar-refractivity contribution in [3.05, 3.63) is 95.9 Å². The van der Waals surface area contributed by atoms with Crippen molar-refractivity contribution < 1.29 is 14.6 Å². The maximum Gasteiger partial charge on any atom is 0.156 e. The van der Waals surface area contributed by atoms with Crippen LogP contribution in [0.25, 0.3) is 22.3 Å². The van der Waals surface area contributed by atoms with Gasteiger partial charge in [0.1, 0.15) is 11.6 Å². The zero-order valence-electron chi connectivity index (χ0n) is 18.5. The molecule has 0 aliphatic carbocycles. The third-order valence-electron chi connectivity index (χ3n) is 5.84. The summed E-state index contributed by atoms with van der Waals surface area (Å²) in [6.07, 6.45) is 8.15. The lowest BCUT2D eigenvalue weighted by Gasteiger charge is -2.26. The smallest absolute Gasteiger partial charge is 0.156 e. The van der Waals surface area contributed by atoms with E-state index in [0.717, 1.165) is 27.8 Å². The number of fused-ring (bicyclic) bond motifs is 1. The molecule has 2 aromatic heterocycles. The lowest BCUT2D eigenvalue weighted by atomic mass is 10.0. The van der Waals surface area contributed by atoms with Crippen LogP contribution in [0.2, 0.25) is 0 Å². The van der Waals surface area contributed by atoms with Gasteiger partial charge in [0.2, 0.25) is 0 Å². The Morgan fingerprint density at radius 1 is 1.26 bits per heavy atom. The lowest BCUT2D eigenvalue weighted by Crippen LogP contribution is -2.38. The Bertz CT molecular complexity index is 1380. The number of nitrogens with one attached hydrogen (secondary N) is 3. The molecule has 0 radical (unpaired) electrons. The summed E-state index contributed by atoms with van der Waals surface area (Å²) in [6, 6.07) is 9.92. The number of dihydropyridines is 1. The van der Waals surface area contributed by atoms with Crippen molar-refractivity contribution in [3.63, 3.8) is 0 Å². The first-order valence-electron chi connectivity index (χ1n) is 11.0. The molecule has 1 aliphatic rings. The third-order valence-corrected chi connectivity index (χ3v) is 5.84. The number of benzene rings is 2. The van der Waals surface area contributed by atoms with Crippen molar-refractivity contribution in [2.75, 3.05) is 6.61 Å². The van der Waals surface area contributed by atoms with Gasteiger partial charge in [-0.2, -0.15) is 0 Å². The molecule has 4 aromatic rings. The van der Waals surface area contributed by atoms with E-state index in [2.05, 4.69) is 20.6 Å². The molecule has 0 saturated carbocycles. The van der Waals surface area contributed by atoms with Crippen LogP contribution >= 0.6 is 0 Å². The van der Waals surface area contributed by atoms with E-state index in [4.69, 9.17) is 4.98 Å². The van der Waals surface area contributed by atoms with Crippen LogP contribution in [0, 0.1) is 12.7 Å². The van der Waals surface area contributed by atoms with Gasteiger partial charge in [0.25, 0.3) is 0 Å². The fourth-order valence-electron chi connectivity index (χ4n) is 4.22. The standard InChI is InChI=1S/C25H25FN6O2/c1-15-9-19(32-8-7-27-14-32)12-21-23(15)31-24(30-21)22-20(5-6-28-25(22)34)29-18(13-33)11-16-3-2-4-17(26)10-16/h2-10,12,14,18,25,28-29,33-34H,11,13H2,1H3,(H,30,31). The van der Waals surface area contributed by atoms with Crippen LogP contribution in [0.4, 0.5) is 4.39 Å². The molecular formula is C25H25FN6O2. The monoisotopic (exact) mass is 460 g/mol. The molecule has 3 heterocycles. The fraction of sp³-hybridized carbons (Fsp3) is 0.200. The quantitative estimate of drug-likeness (QED) is 0.290. The van der Waals surface area contributed by atoms with E-state index in [0.29, 0.717) is 23.5 Å². The molecule has 174 valence electrons. The molecule has 0 fully saturated rings. The van der Waals surface area contributed by atoms with Gasteiger partial charge < -0.3 is 30.4 Å². The van der Waals surface area contributed by atoms with Gasteiger partial charge in [-0.25, -0.2) is 14.4 Å². The minimum Gasteiger partial charge on any atom is -0.394 e. The number of aromatic amines is 1. The van der Waals surface area contributed by atoms with Gasteiger partial charge >= 0.3 is 0 Å². The number of halogens is 1.